The molecule has 0 unspecified atom stereocenters. The van der Waals surface area contributed by atoms with E-state index in [0.717, 1.165) is 24.2 Å². The van der Waals surface area contributed by atoms with Gasteiger partial charge in [-0.05, 0) is 41.6 Å². The second-order valence-electron chi connectivity index (χ2n) is 6.71. The van der Waals surface area contributed by atoms with Crippen molar-refractivity contribution in [2.24, 2.45) is 5.73 Å². The zero-order valence-electron chi connectivity index (χ0n) is 14.8. The van der Waals surface area contributed by atoms with Gasteiger partial charge in [-0.2, -0.15) is 0 Å². The fourth-order valence-electron chi connectivity index (χ4n) is 3.47. The van der Waals surface area contributed by atoms with E-state index in [9.17, 15) is 4.79 Å². The number of halogens is 1. The number of hydrogen-bond donors (Lipinski definition) is 1. The standard InChI is InChI=1S/C20H21ClN4OS/c21-15-3-1-14(2-4-15)13-16(22)20(26)25-10-8-24(9-11-25)18-5-7-23-17-6-12-27-19(17)18/h1-7,12,16H,8-11,13,22H2/t16-/m1/s1. The highest BCUT2D eigenvalue weighted by atomic mass is 35.5. The molecule has 3 heterocycles. The van der Waals surface area contributed by atoms with Crippen LogP contribution in [0.15, 0.2) is 48.0 Å². The van der Waals surface area contributed by atoms with Gasteiger partial charge in [0.25, 0.3) is 0 Å². The summed E-state index contributed by atoms with van der Waals surface area (Å²) in [6.45, 7) is 2.97. The van der Waals surface area contributed by atoms with Crippen LogP contribution < -0.4 is 10.6 Å². The third-order valence-corrected chi connectivity index (χ3v) is 6.12. The number of nitrogens with zero attached hydrogens (tertiary/aromatic N) is 3. The van der Waals surface area contributed by atoms with Crippen LogP contribution in [0.1, 0.15) is 5.56 Å². The van der Waals surface area contributed by atoms with Crippen LogP contribution in [0.25, 0.3) is 10.2 Å². The summed E-state index contributed by atoms with van der Waals surface area (Å²) in [6, 6.07) is 11.1. The number of amides is 1. The van der Waals surface area contributed by atoms with Crippen molar-refractivity contribution in [3.63, 3.8) is 0 Å². The Morgan fingerprint density at radius 2 is 1.89 bits per heavy atom. The van der Waals surface area contributed by atoms with Crippen LogP contribution in [0.2, 0.25) is 5.02 Å². The van der Waals surface area contributed by atoms with Crippen molar-refractivity contribution in [3.8, 4) is 0 Å². The molecule has 0 radical (unpaired) electrons. The van der Waals surface area contributed by atoms with Crippen molar-refractivity contribution in [3.05, 3.63) is 58.6 Å². The van der Waals surface area contributed by atoms with Gasteiger partial charge in [0.05, 0.1) is 21.9 Å². The number of aromatic nitrogens is 1. The van der Waals surface area contributed by atoms with E-state index in [0.29, 0.717) is 24.5 Å². The molecule has 2 N–H and O–H groups in total. The molecule has 1 saturated heterocycles. The van der Waals surface area contributed by atoms with Gasteiger partial charge in [0, 0.05) is 37.4 Å². The summed E-state index contributed by atoms with van der Waals surface area (Å²) < 4.78 is 1.21. The predicted molar refractivity (Wildman–Crippen MR) is 112 cm³/mol. The molecule has 0 bridgehead atoms. The highest BCUT2D eigenvalue weighted by molar-refractivity contribution is 7.17. The first kappa shape index (κ1) is 18.2. The van der Waals surface area contributed by atoms with E-state index in [-0.39, 0.29) is 5.91 Å². The largest absolute Gasteiger partial charge is 0.367 e. The molecule has 4 rings (SSSR count). The Bertz CT molecular complexity index is 935. The molecule has 140 valence electrons. The Morgan fingerprint density at radius 1 is 1.15 bits per heavy atom. The predicted octanol–water partition coefficient (Wildman–Crippen LogP) is 3.17. The van der Waals surface area contributed by atoms with Crippen molar-refractivity contribution in [2.45, 2.75) is 12.5 Å². The van der Waals surface area contributed by atoms with Gasteiger partial charge >= 0.3 is 0 Å². The fourth-order valence-corrected chi connectivity index (χ4v) is 4.49. The number of pyridine rings is 1. The number of rotatable bonds is 4. The summed E-state index contributed by atoms with van der Waals surface area (Å²) >= 11 is 7.62. The topological polar surface area (TPSA) is 62.5 Å². The number of carbonyl (C=O) groups excluding carboxylic acids is 1. The van der Waals surface area contributed by atoms with E-state index in [1.165, 1.54) is 10.4 Å². The average molecular weight is 401 g/mol. The molecule has 1 aliphatic rings. The molecule has 5 nitrogen and oxygen atoms in total. The highest BCUT2D eigenvalue weighted by Gasteiger charge is 2.26. The van der Waals surface area contributed by atoms with E-state index >= 15 is 0 Å². The molecule has 0 saturated carbocycles. The number of thiophene rings is 1. The lowest BCUT2D eigenvalue weighted by Crippen LogP contribution is -2.53. The molecule has 27 heavy (non-hydrogen) atoms. The lowest BCUT2D eigenvalue weighted by Gasteiger charge is -2.37. The molecule has 3 aromatic rings. The Hall–Kier alpha value is -2.15. The van der Waals surface area contributed by atoms with Crippen LogP contribution in [-0.2, 0) is 11.2 Å². The van der Waals surface area contributed by atoms with Crippen LogP contribution in [0.4, 0.5) is 5.69 Å². The fraction of sp³-hybridized carbons (Fsp3) is 0.300. The van der Waals surface area contributed by atoms with Gasteiger partial charge in [-0.25, -0.2) is 0 Å². The number of anilines is 1. The van der Waals surface area contributed by atoms with Gasteiger partial charge in [-0.15, -0.1) is 11.3 Å². The Morgan fingerprint density at radius 3 is 2.63 bits per heavy atom. The quantitative estimate of drug-likeness (QED) is 0.730. The van der Waals surface area contributed by atoms with Gasteiger partial charge in [0.15, 0.2) is 0 Å². The van der Waals surface area contributed by atoms with E-state index < -0.39 is 6.04 Å². The van der Waals surface area contributed by atoms with Crippen molar-refractivity contribution >= 4 is 44.7 Å². The van der Waals surface area contributed by atoms with E-state index in [4.69, 9.17) is 17.3 Å². The second kappa shape index (κ2) is 7.84. The number of carbonyl (C=O) groups is 1. The molecule has 1 aliphatic heterocycles. The van der Waals surface area contributed by atoms with Crippen molar-refractivity contribution < 1.29 is 4.79 Å². The summed E-state index contributed by atoms with van der Waals surface area (Å²) in [6.07, 6.45) is 2.38. The van der Waals surface area contributed by atoms with E-state index in [2.05, 4.69) is 21.3 Å². The number of piperazine rings is 1. The number of hydrogen-bond acceptors (Lipinski definition) is 5. The number of nitrogens with two attached hydrogens (primary N) is 1. The van der Waals surface area contributed by atoms with E-state index in [1.54, 1.807) is 11.3 Å². The molecular formula is C20H21ClN4OS. The molecule has 0 aliphatic carbocycles. The zero-order valence-corrected chi connectivity index (χ0v) is 16.4. The van der Waals surface area contributed by atoms with Crippen LogP contribution >= 0.6 is 22.9 Å². The van der Waals surface area contributed by atoms with Crippen LogP contribution in [-0.4, -0.2) is 48.0 Å². The first-order valence-corrected chi connectivity index (χ1v) is 10.2. The Labute approximate surface area is 167 Å². The Kier molecular flexibility index (Phi) is 5.29. The molecule has 0 spiro atoms. The first-order valence-electron chi connectivity index (χ1n) is 8.98. The minimum atomic E-state index is -0.525. The number of benzene rings is 1. The van der Waals surface area contributed by atoms with Crippen LogP contribution in [0.5, 0.6) is 0 Å². The minimum absolute atomic E-state index is 0.0144. The summed E-state index contributed by atoms with van der Waals surface area (Å²) in [5, 5.41) is 2.75. The third-order valence-electron chi connectivity index (χ3n) is 4.94. The summed E-state index contributed by atoms with van der Waals surface area (Å²) in [4.78, 5) is 21.3. The second-order valence-corrected chi connectivity index (χ2v) is 8.07. The third kappa shape index (κ3) is 3.93. The zero-order chi connectivity index (χ0) is 18.8. The highest BCUT2D eigenvalue weighted by Crippen LogP contribution is 2.30. The molecule has 7 heteroatoms. The van der Waals surface area contributed by atoms with E-state index in [1.807, 2.05) is 41.4 Å². The first-order chi connectivity index (χ1) is 13.1. The lowest BCUT2D eigenvalue weighted by atomic mass is 10.1. The lowest BCUT2D eigenvalue weighted by molar-refractivity contribution is -0.132. The monoisotopic (exact) mass is 400 g/mol. The van der Waals surface area contributed by atoms with Gasteiger partial charge in [0.1, 0.15) is 0 Å². The molecule has 1 amide bonds. The normalized spacial score (nSPS) is 15.9. The summed E-state index contributed by atoms with van der Waals surface area (Å²) in [5.41, 5.74) is 9.43. The van der Waals surface area contributed by atoms with Crippen molar-refractivity contribution in [1.29, 1.82) is 0 Å². The van der Waals surface area contributed by atoms with Gasteiger partial charge in [-0.3, -0.25) is 9.78 Å². The smallest absolute Gasteiger partial charge is 0.239 e. The van der Waals surface area contributed by atoms with Crippen LogP contribution in [0.3, 0.4) is 0 Å². The van der Waals surface area contributed by atoms with Crippen molar-refractivity contribution in [2.75, 3.05) is 31.1 Å². The Balaban J connectivity index is 1.37. The minimum Gasteiger partial charge on any atom is -0.367 e. The average Bonchev–Trinajstić information content (AvgIpc) is 3.18. The van der Waals surface area contributed by atoms with Gasteiger partial charge in [0.2, 0.25) is 5.91 Å². The molecule has 1 fully saturated rings. The maximum absolute atomic E-state index is 12.7. The van der Waals surface area contributed by atoms with Crippen LogP contribution in [0, 0.1) is 0 Å². The summed E-state index contributed by atoms with van der Waals surface area (Å²) in [7, 11) is 0. The van der Waals surface area contributed by atoms with Crippen molar-refractivity contribution in [1.82, 2.24) is 9.88 Å². The maximum atomic E-state index is 12.7. The molecule has 2 aromatic heterocycles. The molecular weight excluding hydrogens is 380 g/mol. The summed E-state index contributed by atoms with van der Waals surface area (Å²) in [5.74, 6) is 0.0144. The molecule has 1 aromatic carbocycles. The maximum Gasteiger partial charge on any atom is 0.239 e. The number of fused-ring (bicyclic) bond motifs is 1. The van der Waals surface area contributed by atoms with Gasteiger partial charge < -0.3 is 15.5 Å². The molecule has 1 atom stereocenters. The SMILES string of the molecule is N[C@H](Cc1ccc(Cl)cc1)C(=O)N1CCN(c2ccnc3ccsc23)CC1. The van der Waals surface area contributed by atoms with Gasteiger partial charge in [-0.1, -0.05) is 23.7 Å².